The first-order chi connectivity index (χ1) is 9.02. The molecule has 102 valence electrons. The summed E-state index contributed by atoms with van der Waals surface area (Å²) in [6, 6.07) is 6.38. The van der Waals surface area contributed by atoms with Crippen molar-refractivity contribution in [2.75, 3.05) is 13.6 Å². The molecule has 0 saturated carbocycles. The molecule has 19 heavy (non-hydrogen) atoms. The lowest BCUT2D eigenvalue weighted by molar-refractivity contribution is -0.137. The Labute approximate surface area is 113 Å². The van der Waals surface area contributed by atoms with Crippen molar-refractivity contribution in [1.29, 1.82) is 0 Å². The molecule has 1 atom stereocenters. The van der Waals surface area contributed by atoms with Crippen LogP contribution in [-0.2, 0) is 11.3 Å². The zero-order chi connectivity index (χ0) is 14.0. The molecule has 1 saturated heterocycles. The fraction of sp³-hybridized carbons (Fsp3) is 0.400. The zero-order valence-corrected chi connectivity index (χ0v) is 11.4. The maximum absolute atomic E-state index is 13.2. The molecule has 0 bridgehead atoms. The van der Waals surface area contributed by atoms with E-state index in [0.29, 0.717) is 13.1 Å². The second-order valence-corrected chi connectivity index (χ2v) is 4.92. The third-order valence-corrected chi connectivity index (χ3v) is 3.57. The van der Waals surface area contributed by atoms with Crippen LogP contribution in [0.5, 0.6) is 0 Å². The van der Waals surface area contributed by atoms with Gasteiger partial charge in [0.25, 0.3) is 0 Å². The van der Waals surface area contributed by atoms with Crippen LogP contribution in [0.4, 0.5) is 4.39 Å². The molecule has 0 radical (unpaired) electrons. The van der Waals surface area contributed by atoms with Crippen LogP contribution in [0, 0.1) is 5.82 Å². The van der Waals surface area contributed by atoms with Gasteiger partial charge in [0.2, 0.25) is 5.91 Å². The van der Waals surface area contributed by atoms with Crippen LogP contribution < -0.4 is 0 Å². The third kappa shape index (κ3) is 2.78. The number of nitrogens with zero attached hydrogens (tertiary/aromatic N) is 2. The van der Waals surface area contributed by atoms with Crippen molar-refractivity contribution in [1.82, 2.24) is 9.80 Å². The second kappa shape index (κ2) is 5.43. The monoisotopic (exact) mass is 262 g/mol. The number of hydrogen-bond donors (Lipinski definition) is 0. The number of carbonyl (C=O) groups excluding carboxylic acids is 1. The average Bonchev–Trinajstić information content (AvgIpc) is 2.36. The van der Waals surface area contributed by atoms with Crippen molar-refractivity contribution >= 4 is 5.91 Å². The number of hydrogen-bond acceptors (Lipinski definition) is 2. The Hall–Kier alpha value is -1.84. The molecule has 3 nitrogen and oxygen atoms in total. The Morgan fingerprint density at radius 3 is 2.84 bits per heavy atom. The summed E-state index contributed by atoms with van der Waals surface area (Å²) in [4.78, 5) is 15.8. The van der Waals surface area contributed by atoms with Gasteiger partial charge in [-0.05, 0) is 24.1 Å². The van der Waals surface area contributed by atoms with Crippen LogP contribution in [0.25, 0.3) is 0 Å². The lowest BCUT2D eigenvalue weighted by Crippen LogP contribution is -2.52. The molecule has 0 N–H and O–H groups in total. The van der Waals surface area contributed by atoms with Gasteiger partial charge in [-0.3, -0.25) is 4.79 Å². The number of rotatable bonds is 3. The molecule has 1 aromatic rings. The molecule has 2 rings (SSSR count). The van der Waals surface area contributed by atoms with E-state index < -0.39 is 0 Å². The summed E-state index contributed by atoms with van der Waals surface area (Å²) in [5, 5.41) is 0. The van der Waals surface area contributed by atoms with Crippen LogP contribution >= 0.6 is 0 Å². The van der Waals surface area contributed by atoms with E-state index in [9.17, 15) is 9.18 Å². The molecule has 0 spiro atoms. The van der Waals surface area contributed by atoms with Crippen LogP contribution in [0.15, 0.2) is 36.5 Å². The van der Waals surface area contributed by atoms with Gasteiger partial charge in [-0.1, -0.05) is 25.6 Å². The van der Waals surface area contributed by atoms with E-state index in [2.05, 4.69) is 6.58 Å². The maximum Gasteiger partial charge on any atom is 0.242 e. The summed E-state index contributed by atoms with van der Waals surface area (Å²) in [6.45, 7) is 6.85. The molecule has 0 aromatic heterocycles. The highest BCUT2D eigenvalue weighted by molar-refractivity contribution is 5.80. The summed E-state index contributed by atoms with van der Waals surface area (Å²) in [5.41, 5.74) is 1.75. The van der Waals surface area contributed by atoms with Gasteiger partial charge in [0.15, 0.2) is 0 Å². The summed E-state index contributed by atoms with van der Waals surface area (Å²) in [7, 11) is 1.88. The molecule has 1 aliphatic rings. The molecular weight excluding hydrogens is 243 g/mol. The second-order valence-electron chi connectivity index (χ2n) is 4.92. The normalized spacial score (nSPS) is 20.1. The molecule has 1 aliphatic heterocycles. The fourth-order valence-electron chi connectivity index (χ4n) is 2.49. The summed E-state index contributed by atoms with van der Waals surface area (Å²) in [6.07, 6.45) is 0.810. The van der Waals surface area contributed by atoms with Crippen molar-refractivity contribution in [3.63, 3.8) is 0 Å². The summed E-state index contributed by atoms with van der Waals surface area (Å²) < 4.78 is 13.2. The van der Waals surface area contributed by atoms with E-state index in [1.54, 1.807) is 11.0 Å². The molecular formula is C15H19FN2O. The van der Waals surface area contributed by atoms with Crippen LogP contribution in [-0.4, -0.2) is 35.3 Å². The third-order valence-electron chi connectivity index (χ3n) is 3.57. The van der Waals surface area contributed by atoms with Gasteiger partial charge in [-0.15, -0.1) is 0 Å². The van der Waals surface area contributed by atoms with Crippen LogP contribution in [0.2, 0.25) is 0 Å². The quantitative estimate of drug-likeness (QED) is 0.835. The van der Waals surface area contributed by atoms with E-state index in [1.807, 2.05) is 24.9 Å². The Balaban J connectivity index is 2.21. The Morgan fingerprint density at radius 2 is 2.21 bits per heavy atom. The molecule has 4 heteroatoms. The number of amides is 1. The van der Waals surface area contributed by atoms with E-state index in [4.69, 9.17) is 0 Å². The van der Waals surface area contributed by atoms with Gasteiger partial charge in [0.05, 0.1) is 12.6 Å². The van der Waals surface area contributed by atoms with Crippen LogP contribution in [0.3, 0.4) is 0 Å². The number of piperazine rings is 1. The largest absolute Gasteiger partial charge is 0.367 e. The highest BCUT2D eigenvalue weighted by Gasteiger charge is 2.32. The first-order valence-electron chi connectivity index (χ1n) is 6.46. The Kier molecular flexibility index (Phi) is 3.88. The van der Waals surface area contributed by atoms with E-state index in [1.165, 1.54) is 12.1 Å². The number of carbonyl (C=O) groups is 1. The number of halogens is 1. The molecule has 1 heterocycles. The molecule has 0 aliphatic carbocycles. The predicted octanol–water partition coefficient (Wildman–Crippen LogP) is 2.39. The highest BCUT2D eigenvalue weighted by atomic mass is 19.1. The minimum absolute atomic E-state index is 0.00508. The topological polar surface area (TPSA) is 23.6 Å². The number of benzene rings is 1. The minimum atomic E-state index is -0.272. The standard InChI is InChI=1S/C15H19FN2O/c1-4-14-11(2)17(3)10-15(19)18(14)9-12-6-5-7-13(16)8-12/h5-8,14H,2,4,9-10H2,1,3H3. The van der Waals surface area contributed by atoms with Crippen molar-refractivity contribution in [2.24, 2.45) is 0 Å². The SMILES string of the molecule is C=C1C(CC)N(Cc2cccc(F)c2)C(=O)CN1C. The van der Waals surface area contributed by atoms with Gasteiger partial charge < -0.3 is 9.80 Å². The molecule has 1 amide bonds. The first-order valence-corrected chi connectivity index (χ1v) is 6.46. The van der Waals surface area contributed by atoms with Crippen molar-refractivity contribution in [2.45, 2.75) is 25.9 Å². The average molecular weight is 262 g/mol. The van der Waals surface area contributed by atoms with Gasteiger partial charge in [0, 0.05) is 19.3 Å². The lowest BCUT2D eigenvalue weighted by Gasteiger charge is -2.42. The van der Waals surface area contributed by atoms with Gasteiger partial charge in [-0.2, -0.15) is 0 Å². The van der Waals surface area contributed by atoms with Crippen molar-refractivity contribution < 1.29 is 9.18 Å². The maximum atomic E-state index is 13.2. The summed E-state index contributed by atoms with van der Waals surface area (Å²) >= 11 is 0. The van der Waals surface area contributed by atoms with Gasteiger partial charge in [-0.25, -0.2) is 4.39 Å². The van der Waals surface area contributed by atoms with E-state index >= 15 is 0 Å². The predicted molar refractivity (Wildman–Crippen MR) is 72.8 cm³/mol. The minimum Gasteiger partial charge on any atom is -0.367 e. The van der Waals surface area contributed by atoms with Crippen LogP contribution in [0.1, 0.15) is 18.9 Å². The molecule has 1 aromatic carbocycles. The zero-order valence-electron chi connectivity index (χ0n) is 11.4. The van der Waals surface area contributed by atoms with E-state index in [0.717, 1.165) is 17.7 Å². The van der Waals surface area contributed by atoms with Crippen molar-refractivity contribution in [3.8, 4) is 0 Å². The lowest BCUT2D eigenvalue weighted by atomic mass is 10.0. The van der Waals surface area contributed by atoms with Gasteiger partial charge in [0.1, 0.15) is 5.82 Å². The number of likely N-dealkylation sites (N-methyl/N-ethyl adjacent to an activating group) is 1. The van der Waals surface area contributed by atoms with Crippen molar-refractivity contribution in [3.05, 3.63) is 47.9 Å². The molecule has 1 fully saturated rings. The fourth-order valence-corrected chi connectivity index (χ4v) is 2.49. The first kappa shape index (κ1) is 13.6. The highest BCUT2D eigenvalue weighted by Crippen LogP contribution is 2.23. The summed E-state index contributed by atoms with van der Waals surface area (Å²) in [5.74, 6) is -0.211. The van der Waals surface area contributed by atoms with Gasteiger partial charge >= 0.3 is 0 Å². The van der Waals surface area contributed by atoms with E-state index in [-0.39, 0.29) is 17.8 Å². The molecule has 1 unspecified atom stereocenters. The Bertz CT molecular complexity index is 501. The Morgan fingerprint density at radius 1 is 1.47 bits per heavy atom. The smallest absolute Gasteiger partial charge is 0.242 e.